The highest BCUT2D eigenvalue weighted by Gasteiger charge is 2.30. The van der Waals surface area contributed by atoms with Gasteiger partial charge in [-0.25, -0.2) is 0 Å². The quantitative estimate of drug-likeness (QED) is 0.718. The highest BCUT2D eigenvalue weighted by Crippen LogP contribution is 2.33. The van der Waals surface area contributed by atoms with Crippen LogP contribution in [0.5, 0.6) is 0 Å². The molecule has 1 aliphatic carbocycles. The zero-order valence-corrected chi connectivity index (χ0v) is 13.9. The summed E-state index contributed by atoms with van der Waals surface area (Å²) in [5.41, 5.74) is 0. The monoisotopic (exact) mass is 268 g/mol. The first-order valence-electron chi connectivity index (χ1n) is 8.53. The Morgan fingerprint density at radius 3 is 2.37 bits per heavy atom. The average Bonchev–Trinajstić information content (AvgIpc) is 2.41. The fraction of sp³-hybridized carbons (Fsp3) is 1.00. The Bertz CT molecular complexity index is 225. The molecule has 114 valence electrons. The molecule has 0 spiro atoms. The summed E-state index contributed by atoms with van der Waals surface area (Å²) >= 11 is 0. The molecule has 0 aromatic heterocycles. The molecule has 0 heterocycles. The number of nitrogens with one attached hydrogen (secondary N) is 1. The average molecular weight is 268 g/mol. The van der Waals surface area contributed by atoms with Gasteiger partial charge in [-0.3, -0.25) is 0 Å². The van der Waals surface area contributed by atoms with Crippen LogP contribution in [0.1, 0.15) is 65.7 Å². The first kappa shape index (κ1) is 17.0. The van der Waals surface area contributed by atoms with Gasteiger partial charge in [-0.2, -0.15) is 0 Å². The van der Waals surface area contributed by atoms with Crippen LogP contribution >= 0.6 is 0 Å². The second-order valence-electron chi connectivity index (χ2n) is 6.53. The lowest BCUT2D eigenvalue weighted by molar-refractivity contribution is 0.126. The predicted molar refractivity (Wildman–Crippen MR) is 85.6 cm³/mol. The van der Waals surface area contributed by atoms with Gasteiger partial charge < -0.3 is 10.2 Å². The van der Waals surface area contributed by atoms with E-state index in [9.17, 15) is 0 Å². The molecule has 1 fully saturated rings. The van der Waals surface area contributed by atoms with Crippen molar-refractivity contribution in [3.05, 3.63) is 0 Å². The van der Waals surface area contributed by atoms with Crippen molar-refractivity contribution in [2.45, 2.75) is 77.8 Å². The minimum Gasteiger partial charge on any atom is -0.317 e. The third kappa shape index (κ3) is 5.07. The van der Waals surface area contributed by atoms with E-state index in [-0.39, 0.29) is 0 Å². The van der Waals surface area contributed by atoms with Gasteiger partial charge in [0.25, 0.3) is 0 Å². The van der Waals surface area contributed by atoms with Crippen LogP contribution in [0, 0.1) is 11.8 Å². The van der Waals surface area contributed by atoms with Crippen molar-refractivity contribution in [2.24, 2.45) is 11.8 Å². The molecule has 0 bridgehead atoms. The number of rotatable bonds is 8. The van der Waals surface area contributed by atoms with Crippen molar-refractivity contribution in [1.29, 1.82) is 0 Å². The standard InChI is InChI=1S/C17H36N2/c1-6-9-14-10-11-17(18-4)15(12-14)13-19(5)16(7-2)8-3/h14-18H,6-13H2,1-5H3. The third-order valence-electron chi connectivity index (χ3n) is 5.25. The van der Waals surface area contributed by atoms with E-state index >= 15 is 0 Å². The molecule has 3 unspecified atom stereocenters. The minimum atomic E-state index is 0.741. The summed E-state index contributed by atoms with van der Waals surface area (Å²) in [6.45, 7) is 8.25. The molecule has 2 heteroatoms. The number of hydrogen-bond donors (Lipinski definition) is 1. The maximum Gasteiger partial charge on any atom is 0.0105 e. The van der Waals surface area contributed by atoms with Crippen LogP contribution in [-0.4, -0.2) is 37.6 Å². The molecular formula is C17H36N2. The van der Waals surface area contributed by atoms with Crippen molar-refractivity contribution in [3.8, 4) is 0 Å². The van der Waals surface area contributed by atoms with Gasteiger partial charge in [-0.15, -0.1) is 0 Å². The Morgan fingerprint density at radius 2 is 1.84 bits per heavy atom. The molecule has 3 atom stereocenters. The number of hydrogen-bond acceptors (Lipinski definition) is 2. The first-order chi connectivity index (χ1) is 9.15. The van der Waals surface area contributed by atoms with Crippen molar-refractivity contribution < 1.29 is 0 Å². The van der Waals surface area contributed by atoms with Crippen molar-refractivity contribution in [1.82, 2.24) is 10.2 Å². The topological polar surface area (TPSA) is 15.3 Å². The van der Waals surface area contributed by atoms with Gasteiger partial charge in [0.15, 0.2) is 0 Å². The molecule has 1 aliphatic rings. The van der Waals surface area contributed by atoms with Gasteiger partial charge in [0.2, 0.25) is 0 Å². The Labute approximate surface area is 121 Å². The highest BCUT2D eigenvalue weighted by molar-refractivity contribution is 4.86. The van der Waals surface area contributed by atoms with E-state index in [0.29, 0.717) is 0 Å². The Kier molecular flexibility index (Phi) is 8.01. The SMILES string of the molecule is CCCC1CCC(NC)C(CN(C)C(CC)CC)C1. The van der Waals surface area contributed by atoms with Gasteiger partial charge in [-0.05, 0) is 58.0 Å². The molecular weight excluding hydrogens is 232 g/mol. The molecule has 0 saturated heterocycles. The lowest BCUT2D eigenvalue weighted by Gasteiger charge is -2.39. The van der Waals surface area contributed by atoms with Gasteiger partial charge in [0.05, 0.1) is 0 Å². The maximum absolute atomic E-state index is 3.57. The second-order valence-corrected chi connectivity index (χ2v) is 6.53. The van der Waals surface area contributed by atoms with Gasteiger partial charge in [0.1, 0.15) is 0 Å². The van der Waals surface area contributed by atoms with Crippen LogP contribution in [0.25, 0.3) is 0 Å². The molecule has 0 aromatic carbocycles. The van der Waals surface area contributed by atoms with Crippen molar-refractivity contribution >= 4 is 0 Å². The largest absolute Gasteiger partial charge is 0.317 e. The van der Waals surface area contributed by atoms with Crippen LogP contribution in [0.4, 0.5) is 0 Å². The van der Waals surface area contributed by atoms with Crippen molar-refractivity contribution in [3.63, 3.8) is 0 Å². The summed E-state index contributed by atoms with van der Waals surface area (Å²) in [4.78, 5) is 2.61. The maximum atomic E-state index is 3.57. The Balaban J connectivity index is 2.54. The zero-order chi connectivity index (χ0) is 14.3. The molecule has 1 saturated carbocycles. The fourth-order valence-corrected chi connectivity index (χ4v) is 4.04. The summed E-state index contributed by atoms with van der Waals surface area (Å²) < 4.78 is 0. The molecule has 0 amide bonds. The van der Waals surface area contributed by atoms with E-state index in [2.05, 4.69) is 45.1 Å². The van der Waals surface area contributed by atoms with Gasteiger partial charge in [0, 0.05) is 18.6 Å². The predicted octanol–water partition coefficient (Wildman–Crippen LogP) is 3.91. The lowest BCUT2D eigenvalue weighted by atomic mass is 9.76. The van der Waals surface area contributed by atoms with E-state index in [1.807, 2.05) is 0 Å². The van der Waals surface area contributed by atoms with Crippen LogP contribution in [-0.2, 0) is 0 Å². The molecule has 0 aromatic rings. The summed E-state index contributed by atoms with van der Waals surface area (Å²) in [5.74, 6) is 1.83. The van der Waals surface area contributed by atoms with Crippen molar-refractivity contribution in [2.75, 3.05) is 20.6 Å². The van der Waals surface area contributed by atoms with E-state index in [0.717, 1.165) is 23.9 Å². The second kappa shape index (κ2) is 8.97. The van der Waals surface area contributed by atoms with E-state index < -0.39 is 0 Å². The summed E-state index contributed by atoms with van der Waals surface area (Å²) in [6.07, 6.45) is 9.59. The minimum absolute atomic E-state index is 0.741. The Morgan fingerprint density at radius 1 is 1.16 bits per heavy atom. The lowest BCUT2D eigenvalue weighted by Crippen LogP contribution is -2.45. The molecule has 2 nitrogen and oxygen atoms in total. The normalized spacial score (nSPS) is 28.3. The molecule has 1 N–H and O–H groups in total. The van der Waals surface area contributed by atoms with E-state index in [4.69, 9.17) is 0 Å². The highest BCUT2D eigenvalue weighted by atomic mass is 15.1. The van der Waals surface area contributed by atoms with Crippen LogP contribution in [0.15, 0.2) is 0 Å². The van der Waals surface area contributed by atoms with E-state index in [1.165, 1.54) is 51.5 Å². The molecule has 1 rings (SSSR count). The van der Waals surface area contributed by atoms with Gasteiger partial charge >= 0.3 is 0 Å². The Hall–Kier alpha value is -0.0800. The third-order valence-corrected chi connectivity index (χ3v) is 5.25. The molecule has 0 radical (unpaired) electrons. The molecule has 0 aliphatic heterocycles. The zero-order valence-electron chi connectivity index (χ0n) is 13.9. The van der Waals surface area contributed by atoms with E-state index in [1.54, 1.807) is 0 Å². The van der Waals surface area contributed by atoms with Crippen LogP contribution in [0.2, 0.25) is 0 Å². The van der Waals surface area contributed by atoms with Crippen LogP contribution in [0.3, 0.4) is 0 Å². The van der Waals surface area contributed by atoms with Gasteiger partial charge in [-0.1, -0.05) is 33.6 Å². The first-order valence-corrected chi connectivity index (χ1v) is 8.53. The number of nitrogens with zero attached hydrogens (tertiary/aromatic N) is 1. The summed E-state index contributed by atoms with van der Waals surface area (Å²) in [7, 11) is 4.47. The summed E-state index contributed by atoms with van der Waals surface area (Å²) in [6, 6.07) is 1.51. The summed E-state index contributed by atoms with van der Waals surface area (Å²) in [5, 5.41) is 3.57. The van der Waals surface area contributed by atoms with Crippen LogP contribution < -0.4 is 5.32 Å². The molecule has 19 heavy (non-hydrogen) atoms. The fourth-order valence-electron chi connectivity index (χ4n) is 4.04. The smallest absolute Gasteiger partial charge is 0.0105 e.